The SMILES string of the molecule is C1CCNC1.NC(=S)S. The maximum atomic E-state index is 4.71. The Hall–Kier alpha value is 0.200. The first-order chi connectivity index (χ1) is 4.23. The van der Waals surface area contributed by atoms with Gasteiger partial charge >= 0.3 is 0 Å². The molecule has 1 aliphatic rings. The summed E-state index contributed by atoms with van der Waals surface area (Å²) < 4.78 is 0.194. The number of hydrogen-bond acceptors (Lipinski definition) is 2. The minimum atomic E-state index is 0.194. The van der Waals surface area contributed by atoms with Crippen molar-refractivity contribution in [2.75, 3.05) is 13.1 Å². The summed E-state index contributed by atoms with van der Waals surface area (Å²) in [5, 5.41) is 3.22. The van der Waals surface area contributed by atoms with Crippen LogP contribution in [0.1, 0.15) is 12.8 Å². The predicted octanol–water partition coefficient (Wildman–Crippen LogP) is 0.530. The first kappa shape index (κ1) is 9.20. The van der Waals surface area contributed by atoms with Crippen LogP contribution in [0.2, 0.25) is 0 Å². The van der Waals surface area contributed by atoms with Crippen molar-refractivity contribution >= 4 is 29.2 Å². The minimum absolute atomic E-state index is 0.194. The second-order valence-corrected chi connectivity index (χ2v) is 3.02. The van der Waals surface area contributed by atoms with Crippen LogP contribution in [0.15, 0.2) is 0 Å². The molecule has 0 atom stereocenters. The molecule has 0 aromatic heterocycles. The largest absolute Gasteiger partial charge is 0.385 e. The summed E-state index contributed by atoms with van der Waals surface area (Å²) in [5.74, 6) is 0. The second-order valence-electron chi connectivity index (χ2n) is 1.80. The lowest BCUT2D eigenvalue weighted by atomic mass is 10.4. The highest BCUT2D eigenvalue weighted by Crippen LogP contribution is 1.90. The first-order valence-corrected chi connectivity index (χ1v) is 3.78. The number of thiol groups is 1. The van der Waals surface area contributed by atoms with Crippen molar-refractivity contribution in [1.29, 1.82) is 0 Å². The Morgan fingerprint density at radius 3 is 1.89 bits per heavy atom. The summed E-state index contributed by atoms with van der Waals surface area (Å²) >= 11 is 7.65. The third kappa shape index (κ3) is 11.7. The van der Waals surface area contributed by atoms with E-state index in [4.69, 9.17) is 5.73 Å². The van der Waals surface area contributed by atoms with Crippen LogP contribution < -0.4 is 11.1 Å². The quantitative estimate of drug-likeness (QED) is 0.361. The van der Waals surface area contributed by atoms with Crippen molar-refractivity contribution in [3.8, 4) is 0 Å². The summed E-state index contributed by atoms with van der Waals surface area (Å²) in [7, 11) is 0. The molecule has 0 saturated carbocycles. The molecule has 0 aromatic rings. The van der Waals surface area contributed by atoms with E-state index in [0.717, 1.165) is 0 Å². The molecule has 54 valence electrons. The van der Waals surface area contributed by atoms with Crippen molar-refractivity contribution in [3.05, 3.63) is 0 Å². The molecule has 1 heterocycles. The van der Waals surface area contributed by atoms with E-state index >= 15 is 0 Å². The zero-order valence-electron chi connectivity index (χ0n) is 5.26. The fraction of sp³-hybridized carbons (Fsp3) is 0.800. The maximum absolute atomic E-state index is 4.71. The van der Waals surface area contributed by atoms with E-state index in [1.807, 2.05) is 0 Å². The van der Waals surface area contributed by atoms with Gasteiger partial charge in [-0.15, -0.1) is 12.6 Å². The summed E-state index contributed by atoms with van der Waals surface area (Å²) in [6, 6.07) is 0. The number of rotatable bonds is 0. The monoisotopic (exact) mass is 164 g/mol. The van der Waals surface area contributed by atoms with E-state index in [-0.39, 0.29) is 4.32 Å². The molecule has 0 bridgehead atoms. The van der Waals surface area contributed by atoms with E-state index < -0.39 is 0 Å². The van der Waals surface area contributed by atoms with Gasteiger partial charge in [0.1, 0.15) is 4.32 Å². The molecule has 1 rings (SSSR count). The molecule has 9 heavy (non-hydrogen) atoms. The Labute approximate surface area is 66.6 Å². The third-order valence-electron chi connectivity index (χ3n) is 0.957. The lowest BCUT2D eigenvalue weighted by molar-refractivity contribution is 0.857. The predicted molar refractivity (Wildman–Crippen MR) is 47.9 cm³/mol. The van der Waals surface area contributed by atoms with Crippen molar-refractivity contribution in [2.24, 2.45) is 5.73 Å². The number of hydrogen-bond donors (Lipinski definition) is 3. The highest BCUT2D eigenvalue weighted by molar-refractivity contribution is 8.10. The molecular weight excluding hydrogens is 152 g/mol. The van der Waals surface area contributed by atoms with Gasteiger partial charge in [0.05, 0.1) is 0 Å². The fourth-order valence-electron chi connectivity index (χ4n) is 0.625. The van der Waals surface area contributed by atoms with Crippen molar-refractivity contribution in [1.82, 2.24) is 5.32 Å². The third-order valence-corrected chi connectivity index (χ3v) is 0.957. The summed E-state index contributed by atoms with van der Waals surface area (Å²) in [4.78, 5) is 0. The molecule has 1 aliphatic heterocycles. The van der Waals surface area contributed by atoms with E-state index in [1.165, 1.54) is 25.9 Å². The Morgan fingerprint density at radius 2 is 1.78 bits per heavy atom. The maximum Gasteiger partial charge on any atom is 0.128 e. The fourth-order valence-corrected chi connectivity index (χ4v) is 0.625. The molecule has 1 fully saturated rings. The van der Waals surface area contributed by atoms with Gasteiger partial charge in [-0.1, -0.05) is 12.2 Å². The smallest absolute Gasteiger partial charge is 0.128 e. The molecule has 4 heteroatoms. The molecule has 0 amide bonds. The number of nitrogens with two attached hydrogens (primary N) is 1. The van der Waals surface area contributed by atoms with Crippen LogP contribution in [0, 0.1) is 0 Å². The first-order valence-electron chi connectivity index (χ1n) is 2.92. The van der Waals surface area contributed by atoms with Crippen LogP contribution in [-0.2, 0) is 0 Å². The molecule has 0 radical (unpaired) electrons. The summed E-state index contributed by atoms with van der Waals surface area (Å²) in [6.45, 7) is 2.50. The lowest BCUT2D eigenvalue weighted by Crippen LogP contribution is -2.03. The Balaban J connectivity index is 0.000000148. The van der Waals surface area contributed by atoms with E-state index in [1.54, 1.807) is 0 Å². The van der Waals surface area contributed by atoms with Crippen LogP contribution >= 0.6 is 24.8 Å². The van der Waals surface area contributed by atoms with Gasteiger partial charge in [-0.25, -0.2) is 0 Å². The van der Waals surface area contributed by atoms with Crippen molar-refractivity contribution in [2.45, 2.75) is 12.8 Å². The van der Waals surface area contributed by atoms with Gasteiger partial charge in [0.2, 0.25) is 0 Å². The van der Waals surface area contributed by atoms with Crippen LogP contribution in [0.3, 0.4) is 0 Å². The Morgan fingerprint density at radius 1 is 1.44 bits per heavy atom. The molecule has 0 aliphatic carbocycles. The summed E-state index contributed by atoms with van der Waals surface area (Å²) in [6.07, 6.45) is 2.78. The minimum Gasteiger partial charge on any atom is -0.385 e. The van der Waals surface area contributed by atoms with E-state index in [9.17, 15) is 0 Å². The van der Waals surface area contributed by atoms with Gasteiger partial charge in [0.15, 0.2) is 0 Å². The highest BCUT2D eigenvalue weighted by Gasteiger charge is 1.93. The topological polar surface area (TPSA) is 38.0 Å². The van der Waals surface area contributed by atoms with Crippen molar-refractivity contribution in [3.63, 3.8) is 0 Å². The average Bonchev–Trinajstić information content (AvgIpc) is 2.11. The molecule has 0 unspecified atom stereocenters. The second kappa shape index (κ2) is 6.32. The molecule has 1 saturated heterocycles. The van der Waals surface area contributed by atoms with E-state index in [2.05, 4.69) is 30.2 Å². The van der Waals surface area contributed by atoms with Gasteiger partial charge < -0.3 is 11.1 Å². The molecule has 3 N–H and O–H groups in total. The van der Waals surface area contributed by atoms with Crippen LogP contribution in [0.5, 0.6) is 0 Å². The molecule has 0 aromatic carbocycles. The zero-order chi connectivity index (χ0) is 7.11. The van der Waals surface area contributed by atoms with Crippen LogP contribution in [0.25, 0.3) is 0 Å². The van der Waals surface area contributed by atoms with E-state index in [0.29, 0.717) is 0 Å². The van der Waals surface area contributed by atoms with Crippen LogP contribution in [0.4, 0.5) is 0 Å². The Bertz CT molecular complexity index is 69.4. The van der Waals surface area contributed by atoms with Gasteiger partial charge in [-0.2, -0.15) is 0 Å². The normalized spacial score (nSPS) is 16.1. The molecule has 2 nitrogen and oxygen atoms in total. The lowest BCUT2D eigenvalue weighted by Gasteiger charge is -1.76. The van der Waals surface area contributed by atoms with Crippen molar-refractivity contribution < 1.29 is 0 Å². The van der Waals surface area contributed by atoms with Gasteiger partial charge in [-0.3, -0.25) is 0 Å². The standard InChI is InChI=1S/C4H9N.CH3NS2/c1-2-4-5-3-1;2-1(3)4/h5H,1-4H2;(H3,2,3,4). The van der Waals surface area contributed by atoms with Gasteiger partial charge in [0, 0.05) is 0 Å². The number of nitrogens with one attached hydrogen (secondary N) is 1. The zero-order valence-corrected chi connectivity index (χ0v) is 6.97. The molecule has 0 spiro atoms. The number of thiocarbonyl (C=S) groups is 1. The summed E-state index contributed by atoms with van der Waals surface area (Å²) in [5.41, 5.74) is 4.71. The van der Waals surface area contributed by atoms with Gasteiger partial charge in [-0.05, 0) is 25.9 Å². The molecular formula is C5H12N2S2. The average molecular weight is 164 g/mol. The van der Waals surface area contributed by atoms with Crippen LogP contribution in [-0.4, -0.2) is 17.4 Å². The highest BCUT2D eigenvalue weighted by atomic mass is 32.1. The Kier molecular flexibility index (Phi) is 6.46. The van der Waals surface area contributed by atoms with Gasteiger partial charge in [0.25, 0.3) is 0 Å².